The Labute approximate surface area is 56.0 Å². The normalized spacial score (nSPS) is 8.70. The van der Waals surface area contributed by atoms with E-state index in [0.29, 0.717) is 0 Å². The van der Waals surface area contributed by atoms with E-state index in [4.69, 9.17) is 11.0 Å². The molecule has 0 aliphatic heterocycles. The van der Waals surface area contributed by atoms with Gasteiger partial charge in [-0.2, -0.15) is 5.26 Å². The number of nitrogens with two attached hydrogens (primary N) is 1. The molecule has 5 heteroatoms. The third-order valence-electron chi connectivity index (χ3n) is 0.868. The Hall–Kier alpha value is -1.83. The average Bonchev–Trinajstić information content (AvgIpc) is 2.34. The summed E-state index contributed by atoms with van der Waals surface area (Å²) in [6.07, 6.45) is 0. The summed E-state index contributed by atoms with van der Waals surface area (Å²) in [6, 6.07) is 2.87. The third-order valence-corrected chi connectivity index (χ3v) is 0.868. The van der Waals surface area contributed by atoms with Gasteiger partial charge in [0.15, 0.2) is 5.69 Å². The molecule has 1 rings (SSSR count). The quantitative estimate of drug-likeness (QED) is 0.572. The minimum Gasteiger partial charge on any atom is -0.363 e. The molecule has 1 aromatic heterocycles. The molecule has 1 aromatic rings. The number of carbonyl (C=O) groups is 1. The van der Waals surface area contributed by atoms with Gasteiger partial charge < -0.3 is 10.3 Å². The summed E-state index contributed by atoms with van der Waals surface area (Å²) in [7, 11) is 0. The first kappa shape index (κ1) is 6.29. The van der Waals surface area contributed by atoms with Crippen molar-refractivity contribution < 1.29 is 9.32 Å². The van der Waals surface area contributed by atoms with Crippen molar-refractivity contribution in [2.45, 2.75) is 0 Å². The fourth-order valence-corrected chi connectivity index (χ4v) is 0.444. The first-order valence-electron chi connectivity index (χ1n) is 2.40. The predicted molar refractivity (Wildman–Crippen MR) is 29.7 cm³/mol. The number of primary amides is 1. The lowest BCUT2D eigenvalue weighted by molar-refractivity contribution is 0.0965. The van der Waals surface area contributed by atoms with E-state index in [1.165, 1.54) is 6.07 Å². The fourth-order valence-electron chi connectivity index (χ4n) is 0.444. The Bertz CT molecular complexity index is 296. The highest BCUT2D eigenvalue weighted by Crippen LogP contribution is 1.99. The largest absolute Gasteiger partial charge is 0.363 e. The third kappa shape index (κ3) is 0.951. The zero-order valence-electron chi connectivity index (χ0n) is 4.87. The summed E-state index contributed by atoms with van der Waals surface area (Å²) in [5.41, 5.74) is 4.85. The molecule has 0 fully saturated rings. The Kier molecular flexibility index (Phi) is 1.38. The molecule has 0 atom stereocenters. The number of hydrogen-bond donors (Lipinski definition) is 1. The molecule has 2 N–H and O–H groups in total. The molecular weight excluding hydrogens is 134 g/mol. The van der Waals surface area contributed by atoms with E-state index >= 15 is 0 Å². The lowest BCUT2D eigenvalue weighted by atomic mass is 10.4. The van der Waals surface area contributed by atoms with Crippen molar-refractivity contribution in [3.63, 3.8) is 0 Å². The van der Waals surface area contributed by atoms with Gasteiger partial charge in [0.1, 0.15) is 6.07 Å². The summed E-state index contributed by atoms with van der Waals surface area (Å²) in [5.74, 6) is -0.828. The Morgan fingerprint density at radius 1 is 1.90 bits per heavy atom. The number of amides is 1. The molecule has 0 aliphatic rings. The summed E-state index contributed by atoms with van der Waals surface area (Å²) >= 11 is 0. The van der Waals surface area contributed by atoms with Crippen molar-refractivity contribution in [2.24, 2.45) is 5.73 Å². The lowest BCUT2D eigenvalue weighted by Crippen LogP contribution is -2.09. The molecule has 0 aromatic carbocycles. The van der Waals surface area contributed by atoms with Crippen LogP contribution in [-0.2, 0) is 0 Å². The van der Waals surface area contributed by atoms with Crippen LogP contribution in [0.3, 0.4) is 0 Å². The molecule has 0 spiro atoms. The first-order chi connectivity index (χ1) is 4.74. The Morgan fingerprint density at radius 3 is 2.90 bits per heavy atom. The van der Waals surface area contributed by atoms with E-state index < -0.39 is 5.91 Å². The predicted octanol–water partition coefficient (Wildman–Crippen LogP) is -0.355. The lowest BCUT2D eigenvalue weighted by Gasteiger charge is -1.77. The Morgan fingerprint density at radius 2 is 2.60 bits per heavy atom. The van der Waals surface area contributed by atoms with Gasteiger partial charge in [0.25, 0.3) is 5.91 Å². The highest BCUT2D eigenvalue weighted by Gasteiger charge is 2.07. The van der Waals surface area contributed by atoms with Gasteiger partial charge in [-0.05, 0) is 0 Å². The number of rotatable bonds is 1. The van der Waals surface area contributed by atoms with Crippen LogP contribution in [0, 0.1) is 11.3 Å². The van der Waals surface area contributed by atoms with Crippen LogP contribution in [0.2, 0.25) is 0 Å². The van der Waals surface area contributed by atoms with Crippen LogP contribution in [0.5, 0.6) is 0 Å². The minimum absolute atomic E-state index is 0.0498. The van der Waals surface area contributed by atoms with Gasteiger partial charge in [-0.1, -0.05) is 5.16 Å². The summed E-state index contributed by atoms with van der Waals surface area (Å²) in [4.78, 5) is 10.3. The van der Waals surface area contributed by atoms with Crippen molar-refractivity contribution in [1.29, 1.82) is 5.26 Å². The van der Waals surface area contributed by atoms with E-state index in [9.17, 15) is 4.79 Å². The first-order valence-corrected chi connectivity index (χ1v) is 2.40. The van der Waals surface area contributed by atoms with Gasteiger partial charge in [0, 0.05) is 6.07 Å². The van der Waals surface area contributed by atoms with E-state index in [0.717, 1.165) is 0 Å². The smallest absolute Gasteiger partial charge is 0.287 e. The van der Waals surface area contributed by atoms with Crippen LogP contribution in [-0.4, -0.2) is 11.1 Å². The molecule has 0 radical (unpaired) electrons. The molecule has 0 unspecified atom stereocenters. The maximum absolute atomic E-state index is 10.3. The minimum atomic E-state index is -0.728. The van der Waals surface area contributed by atoms with Gasteiger partial charge in [-0.15, -0.1) is 0 Å². The molecule has 0 bridgehead atoms. The molecule has 1 heterocycles. The van der Waals surface area contributed by atoms with E-state index in [1.54, 1.807) is 6.07 Å². The SMILES string of the molecule is N#Cc1cc(C(N)=O)on1. The average molecular weight is 137 g/mol. The second-order valence-electron chi connectivity index (χ2n) is 1.55. The summed E-state index contributed by atoms with van der Waals surface area (Å²) in [5, 5.41) is 11.4. The molecule has 0 aliphatic carbocycles. The van der Waals surface area contributed by atoms with Gasteiger partial charge in [-0.3, -0.25) is 4.79 Å². The number of nitriles is 1. The van der Waals surface area contributed by atoms with Crippen molar-refractivity contribution in [1.82, 2.24) is 5.16 Å². The number of nitrogens with zero attached hydrogens (tertiary/aromatic N) is 2. The van der Waals surface area contributed by atoms with Crippen LogP contribution >= 0.6 is 0 Å². The summed E-state index contributed by atoms with van der Waals surface area (Å²) < 4.78 is 4.37. The number of aromatic nitrogens is 1. The zero-order valence-corrected chi connectivity index (χ0v) is 4.87. The van der Waals surface area contributed by atoms with Crippen molar-refractivity contribution in [2.75, 3.05) is 0 Å². The molecule has 50 valence electrons. The molecule has 10 heavy (non-hydrogen) atoms. The van der Waals surface area contributed by atoms with Crippen LogP contribution in [0.15, 0.2) is 10.6 Å². The Balaban J connectivity index is 3.02. The molecule has 1 amide bonds. The van der Waals surface area contributed by atoms with Crippen LogP contribution in [0.4, 0.5) is 0 Å². The highest BCUT2D eigenvalue weighted by molar-refractivity contribution is 5.89. The maximum Gasteiger partial charge on any atom is 0.287 e. The molecular formula is C5H3N3O2. The zero-order chi connectivity index (χ0) is 7.56. The van der Waals surface area contributed by atoms with Gasteiger partial charge in [0.2, 0.25) is 5.76 Å². The van der Waals surface area contributed by atoms with E-state index in [1.807, 2.05) is 0 Å². The van der Waals surface area contributed by atoms with Gasteiger partial charge in [0.05, 0.1) is 0 Å². The van der Waals surface area contributed by atoms with Gasteiger partial charge >= 0.3 is 0 Å². The topological polar surface area (TPSA) is 92.9 Å². The fraction of sp³-hybridized carbons (Fsp3) is 0. The highest BCUT2D eigenvalue weighted by atomic mass is 16.5. The van der Waals surface area contributed by atoms with Crippen LogP contribution < -0.4 is 5.73 Å². The molecule has 0 saturated heterocycles. The van der Waals surface area contributed by atoms with E-state index in [2.05, 4.69) is 9.68 Å². The van der Waals surface area contributed by atoms with Crippen molar-refractivity contribution in [3.8, 4) is 6.07 Å². The maximum atomic E-state index is 10.3. The number of hydrogen-bond acceptors (Lipinski definition) is 4. The van der Waals surface area contributed by atoms with Crippen LogP contribution in [0.1, 0.15) is 16.2 Å². The van der Waals surface area contributed by atoms with E-state index in [-0.39, 0.29) is 11.5 Å². The van der Waals surface area contributed by atoms with Crippen molar-refractivity contribution in [3.05, 3.63) is 17.5 Å². The molecule has 5 nitrogen and oxygen atoms in total. The van der Waals surface area contributed by atoms with Crippen molar-refractivity contribution >= 4 is 5.91 Å². The second kappa shape index (κ2) is 2.19. The van der Waals surface area contributed by atoms with Gasteiger partial charge in [-0.25, -0.2) is 0 Å². The molecule has 0 saturated carbocycles. The summed E-state index contributed by atoms with van der Waals surface area (Å²) in [6.45, 7) is 0. The monoisotopic (exact) mass is 137 g/mol. The second-order valence-corrected chi connectivity index (χ2v) is 1.55. The van der Waals surface area contributed by atoms with Crippen LogP contribution in [0.25, 0.3) is 0 Å². The number of carbonyl (C=O) groups excluding carboxylic acids is 1. The standard InChI is InChI=1S/C5H3N3O2/c6-2-3-1-4(5(7)9)10-8-3/h1H,(H2,7,9).